The molecule has 2 aromatic rings. The third kappa shape index (κ3) is 4.80. The number of carbonyl (C=O) groups is 2. The zero-order valence-electron chi connectivity index (χ0n) is 19.3. The number of aromatic nitrogens is 2. The lowest BCUT2D eigenvalue weighted by Crippen LogP contribution is -2.53. The van der Waals surface area contributed by atoms with Crippen molar-refractivity contribution in [3.05, 3.63) is 23.9 Å². The van der Waals surface area contributed by atoms with Gasteiger partial charge in [-0.15, -0.1) is 0 Å². The molecular weight excluding hydrogens is 444 g/mol. The molecule has 0 saturated carbocycles. The molecule has 10 heteroatoms. The van der Waals surface area contributed by atoms with E-state index in [-0.39, 0.29) is 22.7 Å². The maximum Gasteiger partial charge on any atom is 0.328 e. The first kappa shape index (κ1) is 23.4. The molecule has 1 aromatic carbocycles. The van der Waals surface area contributed by atoms with Crippen molar-refractivity contribution < 1.29 is 22.7 Å². The maximum absolute atomic E-state index is 13.4. The second-order valence-corrected chi connectivity index (χ2v) is 10.9. The van der Waals surface area contributed by atoms with Crippen LogP contribution in [-0.2, 0) is 24.2 Å². The van der Waals surface area contributed by atoms with E-state index in [1.165, 1.54) is 13.4 Å². The molecule has 3 heterocycles. The molecule has 0 N–H and O–H groups in total. The van der Waals surface area contributed by atoms with E-state index < -0.39 is 15.9 Å². The van der Waals surface area contributed by atoms with Crippen LogP contribution in [0.1, 0.15) is 37.8 Å². The molecule has 2 fully saturated rings. The van der Waals surface area contributed by atoms with Gasteiger partial charge in [-0.2, -0.15) is 0 Å². The summed E-state index contributed by atoms with van der Waals surface area (Å²) < 4.78 is 28.9. The number of benzene rings is 1. The van der Waals surface area contributed by atoms with Gasteiger partial charge in [0.2, 0.25) is 11.9 Å². The summed E-state index contributed by atoms with van der Waals surface area (Å²) in [6.45, 7) is 3.60. The Morgan fingerprint density at radius 3 is 2.61 bits per heavy atom. The van der Waals surface area contributed by atoms with Crippen LogP contribution in [0.25, 0.3) is 10.9 Å². The Kier molecular flexibility index (Phi) is 6.56. The van der Waals surface area contributed by atoms with E-state index in [4.69, 9.17) is 4.74 Å². The van der Waals surface area contributed by atoms with Crippen molar-refractivity contribution in [1.29, 1.82) is 0 Å². The standard InChI is InChI=1S/C23H30N4O5S/c1-15-18-10-9-17(33(3,30)31)13-19(18)25-23(24-15)26-11-6-7-16(14-26)21(28)27-12-5-4-8-20(27)22(29)32-2/h9-10,13,16,20H,4-8,11-12,14H2,1-3H3. The minimum absolute atomic E-state index is 0.0216. The molecule has 2 aliphatic heterocycles. The predicted molar refractivity (Wildman–Crippen MR) is 124 cm³/mol. The molecule has 4 rings (SSSR count). The van der Waals surface area contributed by atoms with E-state index >= 15 is 0 Å². The zero-order chi connectivity index (χ0) is 23.8. The molecule has 33 heavy (non-hydrogen) atoms. The Labute approximate surface area is 194 Å². The highest BCUT2D eigenvalue weighted by Gasteiger charge is 2.38. The molecule has 2 atom stereocenters. The fourth-order valence-electron chi connectivity index (χ4n) is 4.80. The number of esters is 1. The Hall–Kier alpha value is -2.75. The molecule has 2 aliphatic rings. The molecule has 1 aromatic heterocycles. The maximum atomic E-state index is 13.4. The van der Waals surface area contributed by atoms with E-state index in [1.807, 2.05) is 11.8 Å². The molecule has 9 nitrogen and oxygen atoms in total. The number of anilines is 1. The monoisotopic (exact) mass is 474 g/mol. The number of rotatable bonds is 4. The van der Waals surface area contributed by atoms with E-state index in [9.17, 15) is 18.0 Å². The van der Waals surface area contributed by atoms with Crippen LogP contribution in [0.15, 0.2) is 23.1 Å². The minimum atomic E-state index is -3.35. The lowest BCUT2D eigenvalue weighted by atomic mass is 9.93. The van der Waals surface area contributed by atoms with Crippen molar-refractivity contribution in [2.24, 2.45) is 5.92 Å². The second kappa shape index (κ2) is 9.24. The summed E-state index contributed by atoms with van der Waals surface area (Å²) in [6.07, 6.45) is 5.13. The van der Waals surface area contributed by atoms with Crippen molar-refractivity contribution in [3.8, 4) is 0 Å². The summed E-state index contributed by atoms with van der Waals surface area (Å²) >= 11 is 0. The average Bonchev–Trinajstić information content (AvgIpc) is 2.82. The first-order chi connectivity index (χ1) is 15.7. The number of nitrogens with zero attached hydrogens (tertiary/aromatic N) is 4. The number of hydrogen-bond acceptors (Lipinski definition) is 8. The Bertz CT molecular complexity index is 1180. The number of sulfone groups is 1. The second-order valence-electron chi connectivity index (χ2n) is 8.91. The molecule has 1 amide bonds. The van der Waals surface area contributed by atoms with Gasteiger partial charge in [0, 0.05) is 31.3 Å². The molecule has 0 aliphatic carbocycles. The van der Waals surface area contributed by atoms with Crippen LogP contribution in [0.5, 0.6) is 0 Å². The lowest BCUT2D eigenvalue weighted by Gasteiger charge is -2.39. The Balaban J connectivity index is 1.59. The summed E-state index contributed by atoms with van der Waals surface area (Å²) in [5, 5.41) is 0.796. The zero-order valence-corrected chi connectivity index (χ0v) is 20.1. The highest BCUT2D eigenvalue weighted by Crippen LogP contribution is 2.28. The fraction of sp³-hybridized carbons (Fsp3) is 0.565. The molecule has 0 radical (unpaired) electrons. The van der Waals surface area contributed by atoms with Crippen LogP contribution in [-0.4, -0.2) is 74.2 Å². The fourth-order valence-corrected chi connectivity index (χ4v) is 5.44. The van der Waals surface area contributed by atoms with Crippen molar-refractivity contribution in [2.75, 3.05) is 37.9 Å². The first-order valence-corrected chi connectivity index (χ1v) is 13.2. The van der Waals surface area contributed by atoms with Crippen LogP contribution >= 0.6 is 0 Å². The van der Waals surface area contributed by atoms with Gasteiger partial charge in [0.25, 0.3) is 0 Å². The smallest absolute Gasteiger partial charge is 0.328 e. The highest BCUT2D eigenvalue weighted by atomic mass is 32.2. The largest absolute Gasteiger partial charge is 0.467 e. The van der Waals surface area contributed by atoms with Crippen molar-refractivity contribution >= 4 is 38.6 Å². The lowest BCUT2D eigenvalue weighted by molar-refractivity contribution is -0.156. The predicted octanol–water partition coefficient (Wildman–Crippen LogP) is 2.11. The molecule has 0 spiro atoms. The number of hydrogen-bond donors (Lipinski definition) is 0. The number of piperidine rings is 2. The van der Waals surface area contributed by atoms with E-state index in [2.05, 4.69) is 9.97 Å². The van der Waals surface area contributed by atoms with E-state index in [0.717, 1.165) is 36.8 Å². The van der Waals surface area contributed by atoms with Gasteiger partial charge in [-0.1, -0.05) is 0 Å². The van der Waals surface area contributed by atoms with Gasteiger partial charge < -0.3 is 14.5 Å². The average molecular weight is 475 g/mol. The quantitative estimate of drug-likeness (QED) is 0.620. The number of amides is 1. The summed E-state index contributed by atoms with van der Waals surface area (Å²) in [5.74, 6) is -0.144. The van der Waals surface area contributed by atoms with Crippen LogP contribution in [0.2, 0.25) is 0 Å². The van der Waals surface area contributed by atoms with Gasteiger partial charge in [0.15, 0.2) is 9.84 Å². The molecule has 178 valence electrons. The van der Waals surface area contributed by atoms with Gasteiger partial charge in [-0.25, -0.2) is 23.2 Å². The molecule has 2 saturated heterocycles. The SMILES string of the molecule is COC(=O)C1CCCCN1C(=O)C1CCCN(c2nc(C)c3ccc(S(C)(=O)=O)cc3n2)C1. The van der Waals surface area contributed by atoms with Crippen LogP contribution < -0.4 is 4.90 Å². The summed E-state index contributed by atoms with van der Waals surface area (Å²) in [5.41, 5.74) is 1.32. The van der Waals surface area contributed by atoms with Gasteiger partial charge in [0.1, 0.15) is 6.04 Å². The summed E-state index contributed by atoms with van der Waals surface area (Å²) in [6, 6.07) is 4.36. The Morgan fingerprint density at radius 1 is 1.09 bits per heavy atom. The van der Waals surface area contributed by atoms with Crippen molar-refractivity contribution in [3.63, 3.8) is 0 Å². The third-order valence-electron chi connectivity index (χ3n) is 6.59. The van der Waals surface area contributed by atoms with Crippen LogP contribution in [0, 0.1) is 12.8 Å². The normalized spacial score (nSPS) is 21.8. The number of fused-ring (bicyclic) bond motifs is 1. The number of likely N-dealkylation sites (tertiary alicyclic amines) is 1. The summed E-state index contributed by atoms with van der Waals surface area (Å²) in [4.78, 5) is 38.8. The van der Waals surface area contributed by atoms with E-state index in [0.29, 0.717) is 37.5 Å². The number of aryl methyl sites for hydroxylation is 1. The third-order valence-corrected chi connectivity index (χ3v) is 7.70. The number of carbonyl (C=O) groups excluding carboxylic acids is 2. The van der Waals surface area contributed by atoms with Crippen molar-refractivity contribution in [1.82, 2.24) is 14.9 Å². The minimum Gasteiger partial charge on any atom is -0.467 e. The van der Waals surface area contributed by atoms with Gasteiger partial charge >= 0.3 is 5.97 Å². The van der Waals surface area contributed by atoms with Gasteiger partial charge in [-0.05, 0) is 57.2 Å². The van der Waals surface area contributed by atoms with E-state index in [1.54, 1.807) is 23.1 Å². The van der Waals surface area contributed by atoms with Crippen LogP contribution in [0.4, 0.5) is 5.95 Å². The highest BCUT2D eigenvalue weighted by molar-refractivity contribution is 7.90. The Morgan fingerprint density at radius 2 is 1.88 bits per heavy atom. The van der Waals surface area contributed by atoms with Crippen LogP contribution in [0.3, 0.4) is 0 Å². The molecule has 0 bridgehead atoms. The summed E-state index contributed by atoms with van der Waals surface area (Å²) in [7, 11) is -2.00. The number of methoxy groups -OCH3 is 1. The number of ether oxygens (including phenoxy) is 1. The van der Waals surface area contributed by atoms with Gasteiger partial charge in [-0.3, -0.25) is 4.79 Å². The topological polar surface area (TPSA) is 110 Å². The van der Waals surface area contributed by atoms with Gasteiger partial charge in [0.05, 0.1) is 29.1 Å². The molecular formula is C23H30N4O5S. The first-order valence-electron chi connectivity index (χ1n) is 11.3. The molecule has 2 unspecified atom stereocenters. The van der Waals surface area contributed by atoms with Crippen molar-refractivity contribution in [2.45, 2.75) is 50.0 Å².